The van der Waals surface area contributed by atoms with Crippen LogP contribution in [0.25, 0.3) is 0 Å². The lowest BCUT2D eigenvalue weighted by molar-refractivity contribution is -0.144. The summed E-state index contributed by atoms with van der Waals surface area (Å²) in [6.45, 7) is 6.74. The number of phenolic OH excluding ortho intramolecular Hbond substituents is 1. The third kappa shape index (κ3) is 4.11. The molecule has 21 heavy (non-hydrogen) atoms. The predicted octanol–water partition coefficient (Wildman–Crippen LogP) is 3.13. The van der Waals surface area contributed by atoms with E-state index in [0.717, 1.165) is 4.90 Å². The number of anilines is 1. The average molecular weight is 295 g/mol. The number of benzene rings is 1. The van der Waals surface area contributed by atoms with Crippen molar-refractivity contribution in [3.8, 4) is 5.75 Å². The number of esters is 1. The predicted molar refractivity (Wildman–Crippen MR) is 78.5 cm³/mol. The number of hydrogen-bond donors (Lipinski definition) is 2. The minimum Gasteiger partial charge on any atom is -0.506 e. The molecular weight excluding hydrogens is 274 g/mol. The zero-order valence-electron chi connectivity index (χ0n) is 12.7. The molecule has 1 aromatic rings. The highest BCUT2D eigenvalue weighted by atomic mass is 16.5. The van der Waals surface area contributed by atoms with E-state index in [-0.39, 0.29) is 30.4 Å². The number of para-hydroxylation sites is 1. The Morgan fingerprint density at radius 1 is 1.29 bits per heavy atom. The Hall–Kier alpha value is -2.24. The van der Waals surface area contributed by atoms with E-state index in [1.165, 1.54) is 6.07 Å². The second-order valence-electron chi connectivity index (χ2n) is 5.59. The van der Waals surface area contributed by atoms with Crippen LogP contribution in [0.5, 0.6) is 5.75 Å². The molecular formula is C15H21NO5. The van der Waals surface area contributed by atoms with Crippen LogP contribution in [0.2, 0.25) is 0 Å². The Labute approximate surface area is 124 Å². The van der Waals surface area contributed by atoms with Crippen molar-refractivity contribution < 1.29 is 24.5 Å². The number of hydrogen-bond acceptors (Lipinski definition) is 4. The van der Waals surface area contributed by atoms with Gasteiger partial charge in [0, 0.05) is 17.5 Å². The highest BCUT2D eigenvalue weighted by Crippen LogP contribution is 2.36. The van der Waals surface area contributed by atoms with E-state index >= 15 is 0 Å². The van der Waals surface area contributed by atoms with Crippen LogP contribution < -0.4 is 4.90 Å². The van der Waals surface area contributed by atoms with E-state index in [2.05, 4.69) is 0 Å². The van der Waals surface area contributed by atoms with E-state index in [0.29, 0.717) is 5.56 Å². The number of aromatic hydroxyl groups is 1. The van der Waals surface area contributed by atoms with Gasteiger partial charge in [0.1, 0.15) is 12.4 Å². The molecule has 0 unspecified atom stereocenters. The first-order valence-electron chi connectivity index (χ1n) is 6.68. The van der Waals surface area contributed by atoms with Gasteiger partial charge in [0.15, 0.2) is 0 Å². The molecule has 0 saturated heterocycles. The van der Waals surface area contributed by atoms with Crippen molar-refractivity contribution in [3.63, 3.8) is 0 Å². The van der Waals surface area contributed by atoms with E-state index < -0.39 is 11.6 Å². The second-order valence-corrected chi connectivity index (χ2v) is 5.59. The van der Waals surface area contributed by atoms with Crippen molar-refractivity contribution in [1.82, 2.24) is 0 Å². The van der Waals surface area contributed by atoms with Crippen molar-refractivity contribution in [1.29, 1.82) is 0 Å². The van der Waals surface area contributed by atoms with E-state index in [1.54, 1.807) is 39.8 Å². The molecule has 0 bridgehead atoms. The number of ether oxygens (including phenoxy) is 1. The van der Waals surface area contributed by atoms with Crippen molar-refractivity contribution in [2.75, 3.05) is 4.90 Å². The zero-order valence-corrected chi connectivity index (χ0v) is 12.7. The Kier molecular flexibility index (Phi) is 5.18. The number of rotatable bonds is 4. The molecule has 0 aromatic heterocycles. The van der Waals surface area contributed by atoms with Crippen LogP contribution in [0, 0.1) is 0 Å². The first kappa shape index (κ1) is 16.8. The minimum absolute atomic E-state index is 0.0870. The summed E-state index contributed by atoms with van der Waals surface area (Å²) < 4.78 is 5.05. The monoisotopic (exact) mass is 295 g/mol. The number of carboxylic acid groups (broad SMARTS) is 1. The molecule has 6 heteroatoms. The smallest absolute Gasteiger partial charge is 0.412 e. The van der Waals surface area contributed by atoms with Crippen molar-refractivity contribution in [3.05, 3.63) is 23.8 Å². The van der Waals surface area contributed by atoms with Gasteiger partial charge in [-0.2, -0.15) is 0 Å². The van der Waals surface area contributed by atoms with Crippen LogP contribution in [-0.4, -0.2) is 27.8 Å². The van der Waals surface area contributed by atoms with Gasteiger partial charge in [0.25, 0.3) is 0 Å². The fourth-order valence-electron chi connectivity index (χ4n) is 1.93. The highest BCUT2D eigenvalue weighted by molar-refractivity contribution is 5.91. The number of phenols is 1. The van der Waals surface area contributed by atoms with Crippen LogP contribution in [0.3, 0.4) is 0 Å². The third-order valence-electron chi connectivity index (χ3n) is 2.86. The van der Waals surface area contributed by atoms with Crippen LogP contribution in [0.15, 0.2) is 18.2 Å². The van der Waals surface area contributed by atoms with Gasteiger partial charge < -0.3 is 14.9 Å². The summed E-state index contributed by atoms with van der Waals surface area (Å²) in [6.07, 6.45) is -0.956. The van der Waals surface area contributed by atoms with Crippen LogP contribution in [0.4, 0.5) is 10.5 Å². The third-order valence-corrected chi connectivity index (χ3v) is 2.86. The topological polar surface area (TPSA) is 87.1 Å². The summed E-state index contributed by atoms with van der Waals surface area (Å²) in [5.41, 5.74) is -0.177. The maximum atomic E-state index is 11.6. The lowest BCUT2D eigenvalue weighted by Crippen LogP contribution is -2.45. The molecule has 0 saturated carbocycles. The molecule has 0 atom stereocenters. The van der Waals surface area contributed by atoms with E-state index in [9.17, 15) is 19.8 Å². The molecule has 0 aliphatic heterocycles. The lowest BCUT2D eigenvalue weighted by atomic mass is 10.0. The second kappa shape index (κ2) is 6.47. The zero-order chi connectivity index (χ0) is 16.2. The van der Waals surface area contributed by atoms with E-state index in [4.69, 9.17) is 4.74 Å². The van der Waals surface area contributed by atoms with Crippen LogP contribution >= 0.6 is 0 Å². The number of carbonyl (C=O) groups is 2. The highest BCUT2D eigenvalue weighted by Gasteiger charge is 2.31. The Morgan fingerprint density at radius 2 is 1.90 bits per heavy atom. The van der Waals surface area contributed by atoms with Gasteiger partial charge in [0.05, 0.1) is 5.69 Å². The maximum Gasteiger partial charge on any atom is 0.412 e. The standard InChI is InChI=1S/C15H21NO5/c1-5-12(18)21-9-10-7-6-8-11(17)13(10)16(14(19)20)15(2,3)4/h6-8,17H,5,9H2,1-4H3,(H,19,20). The number of carbonyl (C=O) groups excluding carboxylic acids is 1. The van der Waals surface area contributed by atoms with Gasteiger partial charge in [0.2, 0.25) is 0 Å². The fraction of sp³-hybridized carbons (Fsp3) is 0.467. The SMILES string of the molecule is CCC(=O)OCc1cccc(O)c1N(C(=O)O)C(C)(C)C. The van der Waals surface area contributed by atoms with Crippen molar-refractivity contribution in [2.45, 2.75) is 46.3 Å². The van der Waals surface area contributed by atoms with Gasteiger partial charge in [-0.15, -0.1) is 0 Å². The number of amides is 1. The Balaban J connectivity index is 3.26. The molecule has 1 amide bonds. The summed E-state index contributed by atoms with van der Waals surface area (Å²) in [4.78, 5) is 23.9. The van der Waals surface area contributed by atoms with Gasteiger partial charge in [-0.1, -0.05) is 19.1 Å². The first-order valence-corrected chi connectivity index (χ1v) is 6.68. The van der Waals surface area contributed by atoms with Gasteiger partial charge in [-0.25, -0.2) is 4.79 Å². The van der Waals surface area contributed by atoms with Crippen LogP contribution in [0.1, 0.15) is 39.7 Å². The molecule has 0 radical (unpaired) electrons. The molecule has 0 aliphatic rings. The molecule has 6 nitrogen and oxygen atoms in total. The van der Waals surface area contributed by atoms with Gasteiger partial charge in [-0.3, -0.25) is 9.69 Å². The Bertz CT molecular complexity index is 533. The molecule has 0 spiro atoms. The molecule has 1 rings (SSSR count). The minimum atomic E-state index is -1.19. The number of nitrogens with zero attached hydrogens (tertiary/aromatic N) is 1. The average Bonchev–Trinajstić information content (AvgIpc) is 2.36. The largest absolute Gasteiger partial charge is 0.506 e. The van der Waals surface area contributed by atoms with Crippen LogP contribution in [-0.2, 0) is 16.1 Å². The molecule has 1 aromatic carbocycles. The van der Waals surface area contributed by atoms with Gasteiger partial charge in [-0.05, 0) is 26.8 Å². The summed E-state index contributed by atoms with van der Waals surface area (Å²) in [5.74, 6) is -0.556. The van der Waals surface area contributed by atoms with Crippen molar-refractivity contribution >= 4 is 17.7 Å². The van der Waals surface area contributed by atoms with Gasteiger partial charge >= 0.3 is 12.1 Å². The van der Waals surface area contributed by atoms with E-state index in [1.807, 2.05) is 0 Å². The Morgan fingerprint density at radius 3 is 2.38 bits per heavy atom. The fourth-order valence-corrected chi connectivity index (χ4v) is 1.93. The molecule has 0 fully saturated rings. The van der Waals surface area contributed by atoms with Crippen molar-refractivity contribution in [2.24, 2.45) is 0 Å². The first-order chi connectivity index (χ1) is 9.68. The molecule has 0 heterocycles. The normalized spacial score (nSPS) is 11.0. The summed E-state index contributed by atoms with van der Waals surface area (Å²) in [6, 6.07) is 4.61. The summed E-state index contributed by atoms with van der Waals surface area (Å²) in [7, 11) is 0. The maximum absolute atomic E-state index is 11.6. The summed E-state index contributed by atoms with van der Waals surface area (Å²) in [5, 5.41) is 19.5. The molecule has 0 aliphatic carbocycles. The molecule has 116 valence electrons. The quantitative estimate of drug-likeness (QED) is 0.833. The summed E-state index contributed by atoms with van der Waals surface area (Å²) >= 11 is 0. The lowest BCUT2D eigenvalue weighted by Gasteiger charge is -2.34. The molecule has 2 N–H and O–H groups in total.